The minimum absolute atomic E-state index is 0. The lowest BCUT2D eigenvalue weighted by Crippen LogP contribution is -2.35. The van der Waals surface area contributed by atoms with Gasteiger partial charge >= 0.3 is 6.36 Å². The molecule has 0 spiro atoms. The molecule has 0 heterocycles. The molecule has 1 aromatic carbocycles. The van der Waals surface area contributed by atoms with Gasteiger partial charge < -0.3 is 15.4 Å². The van der Waals surface area contributed by atoms with Gasteiger partial charge in [-0.3, -0.25) is 4.79 Å². The first-order valence-electron chi connectivity index (χ1n) is 8.45. The summed E-state index contributed by atoms with van der Waals surface area (Å²) in [6.45, 7) is 4.60. The predicted molar refractivity (Wildman–Crippen MR) is 96.3 cm³/mol. The van der Waals surface area contributed by atoms with Gasteiger partial charge in [-0.1, -0.05) is 32.0 Å². The van der Waals surface area contributed by atoms with E-state index in [-0.39, 0.29) is 41.9 Å². The topological polar surface area (TPSA) is 55.6 Å². The van der Waals surface area contributed by atoms with E-state index in [9.17, 15) is 18.0 Å². The second kappa shape index (κ2) is 8.95. The van der Waals surface area contributed by atoms with E-state index in [4.69, 9.17) is 5.73 Å². The second-order valence-electron chi connectivity index (χ2n) is 6.99. The largest absolute Gasteiger partial charge is 0.573 e. The molecule has 0 bridgehead atoms. The lowest BCUT2D eigenvalue weighted by Gasteiger charge is -2.22. The van der Waals surface area contributed by atoms with Crippen LogP contribution in [-0.2, 0) is 4.79 Å². The number of carbonyl (C=O) groups is 1. The maximum absolute atomic E-state index is 12.5. The number of para-hydroxylation sites is 1. The first kappa shape index (κ1) is 22.6. The van der Waals surface area contributed by atoms with E-state index < -0.39 is 6.36 Å². The Balaban J connectivity index is 0.00000338. The molecule has 1 aromatic rings. The van der Waals surface area contributed by atoms with Crippen molar-refractivity contribution in [2.75, 3.05) is 13.6 Å². The fraction of sp³-hybridized carbons (Fsp3) is 0.611. The molecule has 0 aliphatic heterocycles. The van der Waals surface area contributed by atoms with Crippen molar-refractivity contribution in [3.63, 3.8) is 0 Å². The highest BCUT2D eigenvalue weighted by atomic mass is 35.5. The number of amides is 1. The van der Waals surface area contributed by atoms with Gasteiger partial charge in [0.05, 0.1) is 0 Å². The van der Waals surface area contributed by atoms with Crippen LogP contribution in [0.4, 0.5) is 13.2 Å². The van der Waals surface area contributed by atoms with Gasteiger partial charge in [-0.15, -0.1) is 25.6 Å². The number of alkyl halides is 3. The smallest absolute Gasteiger partial charge is 0.405 e. The summed E-state index contributed by atoms with van der Waals surface area (Å²) < 4.78 is 41.6. The van der Waals surface area contributed by atoms with E-state index >= 15 is 0 Å². The Bertz CT molecular complexity index is 610. The molecule has 3 atom stereocenters. The van der Waals surface area contributed by atoms with Crippen molar-refractivity contribution in [1.82, 2.24) is 4.90 Å². The number of benzene rings is 1. The quantitative estimate of drug-likeness (QED) is 0.762. The fourth-order valence-electron chi connectivity index (χ4n) is 2.89. The first-order chi connectivity index (χ1) is 11.6. The number of rotatable bonds is 7. The standard InChI is InChI=1S/C18H25F3N2O2.ClH/c1-11(2)15(22)8-9-23(3)17(24)14-10-13(14)12-6-4-5-7-16(12)25-18(19,20)21;/h4-7,11,13-15H,8-10,22H2,1-3H3;1H. The molecule has 26 heavy (non-hydrogen) atoms. The van der Waals surface area contributed by atoms with Crippen LogP contribution in [0.5, 0.6) is 5.75 Å². The third kappa shape index (κ3) is 6.06. The van der Waals surface area contributed by atoms with Crippen molar-refractivity contribution in [2.45, 2.75) is 45.0 Å². The van der Waals surface area contributed by atoms with Crippen molar-refractivity contribution in [3.8, 4) is 5.75 Å². The zero-order valence-corrected chi connectivity index (χ0v) is 15.9. The molecule has 1 fully saturated rings. The van der Waals surface area contributed by atoms with E-state index in [1.165, 1.54) is 12.1 Å². The summed E-state index contributed by atoms with van der Waals surface area (Å²) in [7, 11) is 1.71. The fourth-order valence-corrected chi connectivity index (χ4v) is 2.89. The third-order valence-electron chi connectivity index (χ3n) is 4.68. The van der Waals surface area contributed by atoms with Crippen molar-refractivity contribution in [1.29, 1.82) is 0 Å². The predicted octanol–water partition coefficient (Wildman–Crippen LogP) is 3.94. The van der Waals surface area contributed by atoms with Gasteiger partial charge in [0.15, 0.2) is 0 Å². The van der Waals surface area contributed by atoms with Crippen LogP contribution in [0.15, 0.2) is 24.3 Å². The van der Waals surface area contributed by atoms with E-state index in [2.05, 4.69) is 4.74 Å². The highest BCUT2D eigenvalue weighted by molar-refractivity contribution is 5.85. The lowest BCUT2D eigenvalue weighted by atomic mass is 10.0. The molecule has 4 nitrogen and oxygen atoms in total. The molecular formula is C18H26ClF3N2O2. The molecule has 1 amide bonds. The lowest BCUT2D eigenvalue weighted by molar-refractivity contribution is -0.274. The van der Waals surface area contributed by atoms with E-state index in [0.717, 1.165) is 0 Å². The van der Waals surface area contributed by atoms with Gasteiger partial charge in [0.25, 0.3) is 0 Å². The maximum Gasteiger partial charge on any atom is 0.573 e. The molecule has 0 saturated heterocycles. The minimum atomic E-state index is -4.74. The maximum atomic E-state index is 12.5. The molecule has 1 aliphatic carbocycles. The summed E-state index contributed by atoms with van der Waals surface area (Å²) in [4.78, 5) is 14.1. The van der Waals surface area contributed by atoms with Crippen LogP contribution >= 0.6 is 12.4 Å². The molecule has 8 heteroatoms. The van der Waals surface area contributed by atoms with Crippen LogP contribution in [0.2, 0.25) is 0 Å². The van der Waals surface area contributed by atoms with Gasteiger partial charge in [-0.05, 0) is 36.3 Å². The Morgan fingerprint density at radius 3 is 2.54 bits per heavy atom. The average molecular weight is 395 g/mol. The SMILES string of the molecule is CC(C)C(N)CCN(C)C(=O)C1CC1c1ccccc1OC(F)(F)F.Cl. The molecule has 2 N–H and O–H groups in total. The summed E-state index contributed by atoms with van der Waals surface area (Å²) >= 11 is 0. The number of carbonyl (C=O) groups excluding carboxylic acids is 1. The Morgan fingerprint density at radius 2 is 1.96 bits per heavy atom. The molecule has 2 rings (SSSR count). The number of nitrogens with two attached hydrogens (primary N) is 1. The summed E-state index contributed by atoms with van der Waals surface area (Å²) in [6, 6.07) is 6.04. The van der Waals surface area contributed by atoms with Crippen LogP contribution in [0.3, 0.4) is 0 Å². The van der Waals surface area contributed by atoms with Crippen LogP contribution < -0.4 is 10.5 Å². The van der Waals surface area contributed by atoms with Crippen molar-refractivity contribution in [3.05, 3.63) is 29.8 Å². The molecule has 3 unspecified atom stereocenters. The van der Waals surface area contributed by atoms with Crippen molar-refractivity contribution in [2.24, 2.45) is 17.6 Å². The molecule has 0 aromatic heterocycles. The Kier molecular flexibility index (Phi) is 7.77. The number of ether oxygens (including phenoxy) is 1. The molecule has 1 aliphatic rings. The third-order valence-corrected chi connectivity index (χ3v) is 4.68. The summed E-state index contributed by atoms with van der Waals surface area (Å²) in [5.41, 5.74) is 6.43. The van der Waals surface area contributed by atoms with E-state index in [0.29, 0.717) is 30.9 Å². The van der Waals surface area contributed by atoms with Crippen LogP contribution in [0.25, 0.3) is 0 Å². The summed E-state index contributed by atoms with van der Waals surface area (Å²) in [6.07, 6.45) is -3.50. The zero-order valence-electron chi connectivity index (χ0n) is 15.1. The van der Waals surface area contributed by atoms with E-state index in [1.54, 1.807) is 24.1 Å². The zero-order chi connectivity index (χ0) is 18.8. The Hall–Kier alpha value is -1.47. The summed E-state index contributed by atoms with van der Waals surface area (Å²) in [5, 5.41) is 0. The highest BCUT2D eigenvalue weighted by Gasteiger charge is 2.47. The normalized spacial score (nSPS) is 20.3. The van der Waals surface area contributed by atoms with Crippen LogP contribution in [0.1, 0.15) is 38.2 Å². The first-order valence-corrected chi connectivity index (χ1v) is 8.45. The number of halogens is 4. The molecule has 0 radical (unpaired) electrons. The average Bonchev–Trinajstić information content (AvgIpc) is 3.30. The number of nitrogens with zero attached hydrogens (tertiary/aromatic N) is 1. The van der Waals surface area contributed by atoms with Crippen LogP contribution in [-0.4, -0.2) is 36.8 Å². The van der Waals surface area contributed by atoms with Crippen LogP contribution in [0, 0.1) is 11.8 Å². The number of hydrogen-bond donors (Lipinski definition) is 1. The molecular weight excluding hydrogens is 369 g/mol. The van der Waals surface area contributed by atoms with Crippen molar-refractivity contribution < 1.29 is 22.7 Å². The van der Waals surface area contributed by atoms with Crippen molar-refractivity contribution >= 4 is 18.3 Å². The Morgan fingerprint density at radius 1 is 1.35 bits per heavy atom. The molecule has 148 valence electrons. The summed E-state index contributed by atoms with van der Waals surface area (Å²) in [5.74, 6) is -0.461. The number of hydrogen-bond acceptors (Lipinski definition) is 3. The van der Waals surface area contributed by atoms with Gasteiger partial charge in [0.2, 0.25) is 5.91 Å². The minimum Gasteiger partial charge on any atom is -0.405 e. The molecule has 1 saturated carbocycles. The van der Waals surface area contributed by atoms with Gasteiger partial charge in [0, 0.05) is 25.6 Å². The monoisotopic (exact) mass is 394 g/mol. The highest BCUT2D eigenvalue weighted by Crippen LogP contribution is 2.51. The van der Waals surface area contributed by atoms with Gasteiger partial charge in [0.1, 0.15) is 5.75 Å². The van der Waals surface area contributed by atoms with E-state index in [1.807, 2.05) is 13.8 Å². The Labute approximate surface area is 158 Å². The second-order valence-corrected chi connectivity index (χ2v) is 6.99. The van der Waals surface area contributed by atoms with Gasteiger partial charge in [-0.25, -0.2) is 0 Å². The van der Waals surface area contributed by atoms with Gasteiger partial charge in [-0.2, -0.15) is 0 Å².